The molecule has 0 bridgehead atoms. The van der Waals surface area contributed by atoms with Gasteiger partial charge in [0.15, 0.2) is 0 Å². The van der Waals surface area contributed by atoms with E-state index in [0.717, 1.165) is 50.2 Å². The van der Waals surface area contributed by atoms with Crippen molar-refractivity contribution < 1.29 is 9.53 Å². The van der Waals surface area contributed by atoms with E-state index >= 15 is 0 Å². The van der Waals surface area contributed by atoms with Gasteiger partial charge in [-0.05, 0) is 61.8 Å². The summed E-state index contributed by atoms with van der Waals surface area (Å²) in [5, 5.41) is 13.4. The average Bonchev–Trinajstić information content (AvgIpc) is 3.32. The van der Waals surface area contributed by atoms with Gasteiger partial charge in [-0.25, -0.2) is 4.98 Å². The van der Waals surface area contributed by atoms with Crippen molar-refractivity contribution in [2.75, 3.05) is 36.2 Å². The molecule has 1 aromatic carbocycles. The lowest BCUT2D eigenvalue weighted by Crippen LogP contribution is -2.24. The van der Waals surface area contributed by atoms with Crippen LogP contribution in [0.4, 0.5) is 11.5 Å². The minimum Gasteiger partial charge on any atom is -0.495 e. The molecule has 1 aliphatic heterocycles. The summed E-state index contributed by atoms with van der Waals surface area (Å²) in [5.41, 5.74) is 3.70. The molecular weight excluding hydrogens is 396 g/mol. The topological polar surface area (TPSA) is 78.2 Å². The summed E-state index contributed by atoms with van der Waals surface area (Å²) in [6.45, 7) is 2.04. The van der Waals surface area contributed by atoms with E-state index in [4.69, 9.17) is 9.72 Å². The van der Waals surface area contributed by atoms with Gasteiger partial charge in [-0.3, -0.25) is 4.79 Å². The lowest BCUT2D eigenvalue weighted by atomic mass is 9.89. The van der Waals surface area contributed by atoms with Crippen LogP contribution in [-0.2, 0) is 17.6 Å². The molecule has 0 radical (unpaired) electrons. The summed E-state index contributed by atoms with van der Waals surface area (Å²) in [7, 11) is 1.58. The van der Waals surface area contributed by atoms with Crippen LogP contribution in [0.2, 0.25) is 0 Å². The standard InChI is InChI=1S/C23H26N4O2S/c1-29-20-11-5-4-10-19(20)25-21(28)15-30-23-18(14-24)16-8-2-3-9-17(16)22(26-23)27-12-6-7-13-27/h4-5,10-11H,2-3,6-9,12-13,15H2,1H3,(H,25,28). The number of nitriles is 1. The van der Waals surface area contributed by atoms with Gasteiger partial charge in [-0.1, -0.05) is 23.9 Å². The highest BCUT2D eigenvalue weighted by atomic mass is 32.2. The Bertz CT molecular complexity index is 980. The molecule has 7 heteroatoms. The zero-order valence-electron chi connectivity index (χ0n) is 17.2. The molecule has 1 saturated heterocycles. The summed E-state index contributed by atoms with van der Waals surface area (Å²) in [6.07, 6.45) is 6.52. The quantitative estimate of drug-likeness (QED) is 0.704. The molecule has 1 aliphatic carbocycles. The van der Waals surface area contributed by atoms with Crippen molar-refractivity contribution >= 4 is 29.2 Å². The van der Waals surface area contributed by atoms with Crippen LogP contribution in [-0.4, -0.2) is 36.8 Å². The molecule has 2 aliphatic rings. The Kier molecular flexibility index (Phi) is 6.44. The van der Waals surface area contributed by atoms with E-state index in [-0.39, 0.29) is 11.7 Å². The smallest absolute Gasteiger partial charge is 0.234 e. The number of ether oxygens (including phenoxy) is 1. The minimum atomic E-state index is -0.143. The molecule has 2 heterocycles. The van der Waals surface area contributed by atoms with E-state index in [1.165, 1.54) is 30.2 Å². The Hall–Kier alpha value is -2.72. The van der Waals surface area contributed by atoms with Gasteiger partial charge in [0.25, 0.3) is 0 Å². The average molecular weight is 423 g/mol. The lowest BCUT2D eigenvalue weighted by Gasteiger charge is -2.27. The SMILES string of the molecule is COc1ccccc1NC(=O)CSc1nc(N2CCCC2)c2c(c1C#N)CCCC2. The van der Waals surface area contributed by atoms with Crippen LogP contribution in [0.15, 0.2) is 29.3 Å². The highest BCUT2D eigenvalue weighted by Gasteiger charge is 2.26. The molecule has 4 rings (SSSR count). The van der Waals surface area contributed by atoms with Crippen LogP contribution >= 0.6 is 11.8 Å². The predicted octanol–water partition coefficient (Wildman–Crippen LogP) is 4.17. The van der Waals surface area contributed by atoms with E-state index in [1.54, 1.807) is 7.11 Å². The Labute approximate surface area is 181 Å². The fourth-order valence-electron chi connectivity index (χ4n) is 4.25. The van der Waals surface area contributed by atoms with E-state index in [1.807, 2.05) is 24.3 Å². The lowest BCUT2D eigenvalue weighted by molar-refractivity contribution is -0.113. The Balaban J connectivity index is 1.56. The van der Waals surface area contributed by atoms with Crippen LogP contribution in [0.3, 0.4) is 0 Å². The maximum Gasteiger partial charge on any atom is 0.234 e. The van der Waals surface area contributed by atoms with Gasteiger partial charge in [0.05, 0.1) is 24.1 Å². The number of para-hydroxylation sites is 2. The number of fused-ring (bicyclic) bond motifs is 1. The van der Waals surface area contributed by atoms with Crippen molar-refractivity contribution in [3.63, 3.8) is 0 Å². The molecule has 1 amide bonds. The normalized spacial score (nSPS) is 15.4. The van der Waals surface area contributed by atoms with E-state index in [0.29, 0.717) is 22.0 Å². The number of nitrogens with zero attached hydrogens (tertiary/aromatic N) is 3. The molecule has 1 N–H and O–H groups in total. The van der Waals surface area contributed by atoms with E-state index < -0.39 is 0 Å². The summed E-state index contributed by atoms with van der Waals surface area (Å²) in [4.78, 5) is 19.8. The van der Waals surface area contributed by atoms with Crippen LogP contribution < -0.4 is 15.0 Å². The molecule has 156 valence electrons. The van der Waals surface area contributed by atoms with Gasteiger partial charge >= 0.3 is 0 Å². The summed E-state index contributed by atoms with van der Waals surface area (Å²) in [5.74, 6) is 1.71. The molecule has 0 atom stereocenters. The fraction of sp³-hybridized carbons (Fsp3) is 0.435. The molecule has 1 fully saturated rings. The van der Waals surface area contributed by atoms with Crippen molar-refractivity contribution in [2.24, 2.45) is 0 Å². The number of carbonyl (C=O) groups is 1. The highest BCUT2D eigenvalue weighted by Crippen LogP contribution is 2.37. The zero-order chi connectivity index (χ0) is 20.9. The number of anilines is 2. The van der Waals surface area contributed by atoms with Gasteiger partial charge in [-0.15, -0.1) is 0 Å². The number of carbonyl (C=O) groups excluding carboxylic acids is 1. The molecule has 0 unspecified atom stereocenters. The van der Waals surface area contributed by atoms with Crippen molar-refractivity contribution in [3.8, 4) is 11.8 Å². The summed E-state index contributed by atoms with van der Waals surface area (Å²) < 4.78 is 5.30. The number of pyridine rings is 1. The monoisotopic (exact) mass is 422 g/mol. The van der Waals surface area contributed by atoms with Crippen molar-refractivity contribution in [1.29, 1.82) is 5.26 Å². The third-order valence-corrected chi connectivity index (χ3v) is 6.67. The number of benzene rings is 1. The molecular formula is C23H26N4O2S. The van der Waals surface area contributed by atoms with Crippen molar-refractivity contribution in [1.82, 2.24) is 4.98 Å². The Morgan fingerprint density at radius 2 is 1.93 bits per heavy atom. The molecule has 30 heavy (non-hydrogen) atoms. The van der Waals surface area contributed by atoms with Crippen LogP contribution in [0.1, 0.15) is 42.4 Å². The fourth-order valence-corrected chi connectivity index (χ4v) is 5.06. The van der Waals surface area contributed by atoms with E-state index in [2.05, 4.69) is 16.3 Å². The molecule has 1 aromatic heterocycles. The second-order valence-electron chi connectivity index (χ2n) is 7.62. The molecule has 6 nitrogen and oxygen atoms in total. The third kappa shape index (κ3) is 4.24. The highest BCUT2D eigenvalue weighted by molar-refractivity contribution is 8.00. The maximum absolute atomic E-state index is 12.6. The van der Waals surface area contributed by atoms with Crippen molar-refractivity contribution in [2.45, 2.75) is 43.6 Å². The second kappa shape index (κ2) is 9.40. The van der Waals surface area contributed by atoms with Crippen molar-refractivity contribution in [3.05, 3.63) is 41.0 Å². The first-order valence-electron chi connectivity index (χ1n) is 10.5. The van der Waals surface area contributed by atoms with Gasteiger partial charge in [0.1, 0.15) is 22.7 Å². The van der Waals surface area contributed by atoms with E-state index in [9.17, 15) is 10.1 Å². The number of hydrogen-bond donors (Lipinski definition) is 1. The largest absolute Gasteiger partial charge is 0.495 e. The first-order valence-corrected chi connectivity index (χ1v) is 11.5. The van der Waals surface area contributed by atoms with Gasteiger partial charge in [-0.2, -0.15) is 5.26 Å². The first-order chi connectivity index (χ1) is 14.7. The first kappa shape index (κ1) is 20.5. The second-order valence-corrected chi connectivity index (χ2v) is 8.59. The Morgan fingerprint density at radius 1 is 1.20 bits per heavy atom. The Morgan fingerprint density at radius 3 is 2.67 bits per heavy atom. The minimum absolute atomic E-state index is 0.143. The number of thioether (sulfide) groups is 1. The van der Waals surface area contributed by atoms with Gasteiger partial charge in [0.2, 0.25) is 5.91 Å². The zero-order valence-corrected chi connectivity index (χ0v) is 18.1. The number of rotatable bonds is 6. The number of hydrogen-bond acceptors (Lipinski definition) is 6. The number of nitrogens with one attached hydrogen (secondary N) is 1. The maximum atomic E-state index is 12.6. The van der Waals surface area contributed by atoms with Crippen LogP contribution in [0.5, 0.6) is 5.75 Å². The number of aromatic nitrogens is 1. The number of amides is 1. The predicted molar refractivity (Wildman–Crippen MR) is 119 cm³/mol. The molecule has 0 spiro atoms. The van der Waals surface area contributed by atoms with Crippen LogP contribution in [0, 0.1) is 11.3 Å². The third-order valence-electron chi connectivity index (χ3n) is 5.70. The van der Waals surface area contributed by atoms with Gasteiger partial charge < -0.3 is 15.0 Å². The molecule has 2 aromatic rings. The summed E-state index contributed by atoms with van der Waals surface area (Å²) in [6, 6.07) is 9.71. The van der Waals surface area contributed by atoms with Gasteiger partial charge in [0, 0.05) is 13.1 Å². The summed E-state index contributed by atoms with van der Waals surface area (Å²) >= 11 is 1.35. The number of methoxy groups -OCH3 is 1. The molecule has 0 saturated carbocycles. The van der Waals surface area contributed by atoms with Crippen LogP contribution in [0.25, 0.3) is 0 Å².